The van der Waals surface area contributed by atoms with Gasteiger partial charge in [0.05, 0.1) is 11.1 Å². The predicted molar refractivity (Wildman–Crippen MR) is 108 cm³/mol. The van der Waals surface area contributed by atoms with Gasteiger partial charge in [-0.05, 0) is 54.8 Å². The van der Waals surface area contributed by atoms with Crippen molar-refractivity contribution in [2.75, 3.05) is 6.61 Å². The Balaban J connectivity index is 1.68. The van der Waals surface area contributed by atoms with E-state index < -0.39 is 0 Å². The summed E-state index contributed by atoms with van der Waals surface area (Å²) in [5, 5.41) is 4.39. The van der Waals surface area contributed by atoms with E-state index in [2.05, 4.69) is 29.1 Å². The van der Waals surface area contributed by atoms with Gasteiger partial charge in [0.25, 0.3) is 5.56 Å². The summed E-state index contributed by atoms with van der Waals surface area (Å²) in [7, 11) is 0. The number of thiazole rings is 1. The van der Waals surface area contributed by atoms with Crippen molar-refractivity contribution in [1.29, 1.82) is 0 Å². The second-order valence-corrected chi connectivity index (χ2v) is 7.11. The maximum absolute atomic E-state index is 12.7. The molecule has 0 saturated heterocycles. The molecule has 27 heavy (non-hydrogen) atoms. The molecule has 2 heterocycles. The molecule has 4 aromatic rings. The van der Waals surface area contributed by atoms with E-state index in [1.165, 1.54) is 21.4 Å². The molecule has 6 heteroatoms. The maximum atomic E-state index is 12.7. The van der Waals surface area contributed by atoms with E-state index in [-0.39, 0.29) is 5.56 Å². The number of nitrogens with zero attached hydrogens (tertiary/aromatic N) is 3. The summed E-state index contributed by atoms with van der Waals surface area (Å²) in [6.07, 6.45) is 2.89. The molecule has 0 amide bonds. The van der Waals surface area contributed by atoms with Crippen LogP contribution in [-0.4, -0.2) is 21.2 Å². The van der Waals surface area contributed by atoms with Crippen molar-refractivity contribution in [3.8, 4) is 17.1 Å². The zero-order chi connectivity index (χ0) is 18.8. The lowest BCUT2D eigenvalue weighted by molar-refractivity contribution is 0.340. The highest BCUT2D eigenvalue weighted by Crippen LogP contribution is 2.20. The summed E-state index contributed by atoms with van der Waals surface area (Å²) >= 11 is 1.35. The predicted octanol–water partition coefficient (Wildman–Crippen LogP) is 3.33. The molecule has 2 aromatic heterocycles. The molecule has 4 rings (SSSR count). The molecular formula is C21H19N3O2S. The summed E-state index contributed by atoms with van der Waals surface area (Å²) in [5.74, 6) is 1.35. The zero-order valence-corrected chi connectivity index (χ0v) is 16.0. The fourth-order valence-electron chi connectivity index (χ4n) is 2.82. The Labute approximate surface area is 160 Å². The largest absolute Gasteiger partial charge is 0.494 e. The normalized spacial score (nSPS) is 12.0. The number of ether oxygens (including phenoxy) is 1. The Morgan fingerprint density at radius 2 is 1.81 bits per heavy atom. The number of aromatic nitrogens is 3. The van der Waals surface area contributed by atoms with Gasteiger partial charge in [0.15, 0.2) is 5.82 Å². The van der Waals surface area contributed by atoms with Crippen LogP contribution in [0.5, 0.6) is 5.75 Å². The van der Waals surface area contributed by atoms with Gasteiger partial charge in [0.2, 0.25) is 4.96 Å². The lowest BCUT2D eigenvalue weighted by atomic mass is 10.1. The van der Waals surface area contributed by atoms with E-state index in [1.54, 1.807) is 0 Å². The third-order valence-corrected chi connectivity index (χ3v) is 5.25. The van der Waals surface area contributed by atoms with Gasteiger partial charge < -0.3 is 4.74 Å². The monoisotopic (exact) mass is 377 g/mol. The van der Waals surface area contributed by atoms with Crippen molar-refractivity contribution >= 4 is 22.4 Å². The van der Waals surface area contributed by atoms with E-state index in [0.717, 1.165) is 23.3 Å². The van der Waals surface area contributed by atoms with Gasteiger partial charge in [0.1, 0.15) is 5.75 Å². The Morgan fingerprint density at radius 1 is 1.07 bits per heavy atom. The molecule has 0 atom stereocenters. The summed E-state index contributed by atoms with van der Waals surface area (Å²) < 4.78 is 7.46. The van der Waals surface area contributed by atoms with Crippen molar-refractivity contribution in [3.63, 3.8) is 0 Å². The Bertz CT molecular complexity index is 1180. The molecule has 0 aliphatic rings. The van der Waals surface area contributed by atoms with Gasteiger partial charge in [-0.2, -0.15) is 9.50 Å². The Hall–Kier alpha value is -2.99. The topological polar surface area (TPSA) is 56.5 Å². The van der Waals surface area contributed by atoms with Crippen molar-refractivity contribution in [2.24, 2.45) is 0 Å². The van der Waals surface area contributed by atoms with Crippen LogP contribution in [0.1, 0.15) is 25.0 Å². The number of hydrogen-bond acceptors (Lipinski definition) is 5. The van der Waals surface area contributed by atoms with Gasteiger partial charge in [-0.15, -0.1) is 5.10 Å². The van der Waals surface area contributed by atoms with Gasteiger partial charge in [-0.3, -0.25) is 4.79 Å². The molecule has 0 fully saturated rings. The molecule has 0 aliphatic carbocycles. The summed E-state index contributed by atoms with van der Waals surface area (Å²) in [4.78, 5) is 17.8. The van der Waals surface area contributed by atoms with Gasteiger partial charge in [-0.1, -0.05) is 42.5 Å². The van der Waals surface area contributed by atoms with Gasteiger partial charge >= 0.3 is 0 Å². The fraction of sp³-hybridized carbons (Fsp3) is 0.190. The first-order valence-corrected chi connectivity index (χ1v) is 9.73. The molecule has 0 radical (unpaired) electrons. The average Bonchev–Trinajstić information content (AvgIpc) is 3.23. The zero-order valence-electron chi connectivity index (χ0n) is 15.2. The minimum atomic E-state index is -0.140. The van der Waals surface area contributed by atoms with Crippen LogP contribution in [0.3, 0.4) is 0 Å². The van der Waals surface area contributed by atoms with Crippen LogP contribution < -0.4 is 14.8 Å². The van der Waals surface area contributed by atoms with Crippen LogP contribution in [0.4, 0.5) is 0 Å². The Kier molecular flexibility index (Phi) is 4.73. The first kappa shape index (κ1) is 17.4. The van der Waals surface area contributed by atoms with Crippen molar-refractivity contribution < 1.29 is 4.74 Å². The van der Waals surface area contributed by atoms with E-state index in [4.69, 9.17) is 4.74 Å². The van der Waals surface area contributed by atoms with Crippen LogP contribution >= 0.6 is 11.3 Å². The molecule has 5 nitrogen and oxygen atoms in total. The molecule has 0 saturated carbocycles. The third kappa shape index (κ3) is 3.48. The second kappa shape index (κ2) is 7.32. The number of hydrogen-bond donors (Lipinski definition) is 0. The number of benzene rings is 2. The second-order valence-electron chi connectivity index (χ2n) is 6.10. The van der Waals surface area contributed by atoms with E-state index in [1.807, 2.05) is 49.4 Å². The Morgan fingerprint density at radius 3 is 2.44 bits per heavy atom. The van der Waals surface area contributed by atoms with Crippen LogP contribution in [0.15, 0.2) is 53.3 Å². The SMILES string of the molecule is CCOc1ccc(-c2nc3sc(=Cc4ccc(CC)cc4)c(=O)n3n2)cc1. The maximum Gasteiger partial charge on any atom is 0.291 e. The molecule has 136 valence electrons. The molecule has 0 aliphatic heterocycles. The quantitative estimate of drug-likeness (QED) is 0.535. The highest BCUT2D eigenvalue weighted by atomic mass is 32.1. The first-order chi connectivity index (χ1) is 13.2. The van der Waals surface area contributed by atoms with Crippen LogP contribution in [0.25, 0.3) is 22.4 Å². The summed E-state index contributed by atoms with van der Waals surface area (Å²) in [6, 6.07) is 15.8. The van der Waals surface area contributed by atoms with Crippen LogP contribution in [-0.2, 0) is 6.42 Å². The standard InChI is InChI=1S/C21H19N3O2S/c1-3-14-5-7-15(8-6-14)13-18-20(25)24-21(27-18)22-19(23-24)16-9-11-17(12-10-16)26-4-2/h5-13H,3-4H2,1-2H3. The minimum Gasteiger partial charge on any atom is -0.494 e. The molecular weight excluding hydrogens is 358 g/mol. The average molecular weight is 377 g/mol. The molecule has 0 unspecified atom stereocenters. The van der Waals surface area contributed by atoms with Crippen LogP contribution in [0, 0.1) is 0 Å². The number of fused-ring (bicyclic) bond motifs is 1. The van der Waals surface area contributed by atoms with Gasteiger partial charge in [0, 0.05) is 5.56 Å². The summed E-state index contributed by atoms with van der Waals surface area (Å²) in [5.41, 5.74) is 2.99. The van der Waals surface area contributed by atoms with Crippen molar-refractivity contribution in [2.45, 2.75) is 20.3 Å². The highest BCUT2D eigenvalue weighted by molar-refractivity contribution is 7.15. The van der Waals surface area contributed by atoms with Gasteiger partial charge in [-0.25, -0.2) is 0 Å². The van der Waals surface area contributed by atoms with E-state index in [0.29, 0.717) is 21.9 Å². The lowest BCUT2D eigenvalue weighted by Crippen LogP contribution is -2.23. The van der Waals surface area contributed by atoms with Crippen molar-refractivity contribution in [3.05, 3.63) is 74.5 Å². The minimum absolute atomic E-state index is 0.140. The van der Waals surface area contributed by atoms with Crippen molar-refractivity contribution in [1.82, 2.24) is 14.6 Å². The highest BCUT2D eigenvalue weighted by Gasteiger charge is 2.12. The molecule has 2 aromatic carbocycles. The molecule has 0 N–H and O–H groups in total. The van der Waals surface area contributed by atoms with E-state index in [9.17, 15) is 4.79 Å². The third-order valence-electron chi connectivity index (χ3n) is 4.29. The number of rotatable bonds is 5. The summed E-state index contributed by atoms with van der Waals surface area (Å²) in [6.45, 7) is 4.69. The van der Waals surface area contributed by atoms with Crippen LogP contribution in [0.2, 0.25) is 0 Å². The smallest absolute Gasteiger partial charge is 0.291 e. The lowest BCUT2D eigenvalue weighted by Gasteiger charge is -2.02. The molecule has 0 bridgehead atoms. The number of aryl methyl sites for hydroxylation is 1. The fourth-order valence-corrected chi connectivity index (χ4v) is 3.73. The molecule has 0 spiro atoms. The van der Waals surface area contributed by atoms with E-state index >= 15 is 0 Å². The first-order valence-electron chi connectivity index (χ1n) is 8.91.